The number of piperazine rings is 1. The number of rotatable bonds is 5. The van der Waals surface area contributed by atoms with Crippen molar-refractivity contribution >= 4 is 5.69 Å². The average Bonchev–Trinajstić information content (AvgIpc) is 3.00. The van der Waals surface area contributed by atoms with E-state index in [0.717, 1.165) is 25.6 Å². The zero-order valence-electron chi connectivity index (χ0n) is 13.4. The summed E-state index contributed by atoms with van der Waals surface area (Å²) in [4.78, 5) is 9.87. The molecule has 2 aliphatic rings. The van der Waals surface area contributed by atoms with Crippen molar-refractivity contribution in [1.29, 1.82) is 0 Å². The van der Waals surface area contributed by atoms with Crippen LogP contribution in [0.25, 0.3) is 0 Å². The number of nitrogens with zero attached hydrogens (tertiary/aromatic N) is 3. The molecule has 0 spiro atoms. The Labute approximate surface area is 128 Å². The van der Waals surface area contributed by atoms with Gasteiger partial charge in [-0.2, -0.15) is 0 Å². The lowest BCUT2D eigenvalue weighted by molar-refractivity contribution is 0.231. The second kappa shape index (κ2) is 6.75. The van der Waals surface area contributed by atoms with Crippen LogP contribution in [0.4, 0.5) is 5.69 Å². The Morgan fingerprint density at radius 1 is 1.29 bits per heavy atom. The van der Waals surface area contributed by atoms with Gasteiger partial charge < -0.3 is 10.2 Å². The molecule has 3 heterocycles. The van der Waals surface area contributed by atoms with Crippen molar-refractivity contribution in [2.75, 3.05) is 37.6 Å². The van der Waals surface area contributed by atoms with Crippen LogP contribution in [0.2, 0.25) is 0 Å². The highest BCUT2D eigenvalue weighted by molar-refractivity contribution is 5.45. The fourth-order valence-corrected chi connectivity index (χ4v) is 3.72. The van der Waals surface area contributed by atoms with E-state index < -0.39 is 0 Å². The SMILES string of the molecule is CCNC(CC)c1ccc(N2CCN3CCCC3C2)cn1. The molecular formula is C17H28N4. The van der Waals surface area contributed by atoms with Gasteiger partial charge >= 0.3 is 0 Å². The predicted molar refractivity (Wildman–Crippen MR) is 87.8 cm³/mol. The molecule has 0 saturated carbocycles. The molecule has 1 N–H and O–H groups in total. The Bertz CT molecular complexity index is 445. The van der Waals surface area contributed by atoms with E-state index >= 15 is 0 Å². The first-order valence-electron chi connectivity index (χ1n) is 8.50. The standard InChI is InChI=1S/C17H28N4/c1-3-16(18-4-2)17-8-7-14(12-19-17)21-11-10-20-9-5-6-15(20)13-21/h7-8,12,15-16,18H,3-6,9-11,13H2,1-2H3. The quantitative estimate of drug-likeness (QED) is 0.901. The predicted octanol–water partition coefficient (Wildman–Crippen LogP) is 2.43. The lowest BCUT2D eigenvalue weighted by Gasteiger charge is -2.38. The molecule has 0 amide bonds. The normalized spacial score (nSPS) is 24.1. The van der Waals surface area contributed by atoms with Crippen LogP contribution in [0.1, 0.15) is 44.8 Å². The van der Waals surface area contributed by atoms with Crippen LogP contribution in [0, 0.1) is 0 Å². The van der Waals surface area contributed by atoms with Gasteiger partial charge in [-0.25, -0.2) is 0 Å². The summed E-state index contributed by atoms with van der Waals surface area (Å²) in [7, 11) is 0. The van der Waals surface area contributed by atoms with Gasteiger partial charge in [0.2, 0.25) is 0 Å². The topological polar surface area (TPSA) is 31.4 Å². The highest BCUT2D eigenvalue weighted by Crippen LogP contribution is 2.25. The maximum atomic E-state index is 4.71. The fourth-order valence-electron chi connectivity index (χ4n) is 3.72. The van der Waals surface area contributed by atoms with Crippen LogP contribution in [0.15, 0.2) is 18.3 Å². The van der Waals surface area contributed by atoms with Crippen molar-refractivity contribution in [2.45, 2.75) is 45.2 Å². The Morgan fingerprint density at radius 3 is 2.90 bits per heavy atom. The molecule has 116 valence electrons. The Kier molecular flexibility index (Phi) is 4.76. The summed E-state index contributed by atoms with van der Waals surface area (Å²) in [6.07, 6.45) is 5.89. The lowest BCUT2D eigenvalue weighted by atomic mass is 10.1. The van der Waals surface area contributed by atoms with Gasteiger partial charge in [0.15, 0.2) is 0 Å². The smallest absolute Gasteiger partial charge is 0.0574 e. The van der Waals surface area contributed by atoms with Crippen molar-refractivity contribution in [3.05, 3.63) is 24.0 Å². The molecule has 0 bridgehead atoms. The summed E-state index contributed by atoms with van der Waals surface area (Å²) in [5.41, 5.74) is 2.46. The van der Waals surface area contributed by atoms with E-state index in [0.29, 0.717) is 6.04 Å². The van der Waals surface area contributed by atoms with E-state index in [4.69, 9.17) is 4.98 Å². The number of hydrogen-bond donors (Lipinski definition) is 1. The Balaban J connectivity index is 1.66. The highest BCUT2D eigenvalue weighted by Gasteiger charge is 2.30. The molecule has 2 atom stereocenters. The van der Waals surface area contributed by atoms with E-state index in [1.807, 2.05) is 0 Å². The minimum atomic E-state index is 0.385. The van der Waals surface area contributed by atoms with Crippen molar-refractivity contribution < 1.29 is 0 Å². The van der Waals surface area contributed by atoms with Crippen LogP contribution >= 0.6 is 0 Å². The molecule has 1 aromatic heterocycles. The van der Waals surface area contributed by atoms with E-state index in [9.17, 15) is 0 Å². The first-order valence-corrected chi connectivity index (χ1v) is 8.50. The first kappa shape index (κ1) is 14.8. The molecule has 4 heteroatoms. The van der Waals surface area contributed by atoms with Crippen molar-refractivity contribution in [3.63, 3.8) is 0 Å². The molecule has 1 aromatic rings. The zero-order chi connectivity index (χ0) is 14.7. The lowest BCUT2D eigenvalue weighted by Crippen LogP contribution is -2.50. The molecule has 4 nitrogen and oxygen atoms in total. The van der Waals surface area contributed by atoms with E-state index in [1.54, 1.807) is 0 Å². The van der Waals surface area contributed by atoms with Crippen LogP contribution in [-0.4, -0.2) is 48.6 Å². The van der Waals surface area contributed by atoms with Crippen molar-refractivity contribution in [2.24, 2.45) is 0 Å². The third-order valence-electron chi connectivity index (χ3n) is 4.94. The van der Waals surface area contributed by atoms with E-state index in [1.165, 1.54) is 43.9 Å². The zero-order valence-corrected chi connectivity index (χ0v) is 13.4. The number of fused-ring (bicyclic) bond motifs is 1. The largest absolute Gasteiger partial charge is 0.367 e. The molecule has 0 aromatic carbocycles. The highest BCUT2D eigenvalue weighted by atomic mass is 15.3. The second-order valence-electron chi connectivity index (χ2n) is 6.24. The maximum absolute atomic E-state index is 4.71. The minimum Gasteiger partial charge on any atom is -0.367 e. The number of hydrogen-bond acceptors (Lipinski definition) is 4. The van der Waals surface area contributed by atoms with Gasteiger partial charge in [0.1, 0.15) is 0 Å². The number of pyridine rings is 1. The number of anilines is 1. The Morgan fingerprint density at radius 2 is 2.19 bits per heavy atom. The van der Waals surface area contributed by atoms with Crippen LogP contribution in [-0.2, 0) is 0 Å². The maximum Gasteiger partial charge on any atom is 0.0574 e. The van der Waals surface area contributed by atoms with Gasteiger partial charge in [-0.15, -0.1) is 0 Å². The minimum absolute atomic E-state index is 0.385. The molecule has 2 saturated heterocycles. The van der Waals surface area contributed by atoms with E-state index in [-0.39, 0.29) is 0 Å². The summed E-state index contributed by atoms with van der Waals surface area (Å²) in [6.45, 7) is 10.2. The third-order valence-corrected chi connectivity index (χ3v) is 4.94. The van der Waals surface area contributed by atoms with Crippen LogP contribution in [0.3, 0.4) is 0 Å². The van der Waals surface area contributed by atoms with Gasteiger partial charge in [0, 0.05) is 31.7 Å². The van der Waals surface area contributed by atoms with Crippen LogP contribution in [0.5, 0.6) is 0 Å². The first-order chi connectivity index (χ1) is 10.3. The number of nitrogens with one attached hydrogen (secondary N) is 1. The monoisotopic (exact) mass is 288 g/mol. The van der Waals surface area contributed by atoms with Gasteiger partial charge in [-0.05, 0) is 44.5 Å². The summed E-state index contributed by atoms with van der Waals surface area (Å²) < 4.78 is 0. The molecule has 2 aliphatic heterocycles. The summed E-state index contributed by atoms with van der Waals surface area (Å²) >= 11 is 0. The fraction of sp³-hybridized carbons (Fsp3) is 0.706. The molecule has 3 rings (SSSR count). The van der Waals surface area contributed by atoms with Gasteiger partial charge in [-0.1, -0.05) is 13.8 Å². The van der Waals surface area contributed by atoms with Gasteiger partial charge in [-0.3, -0.25) is 9.88 Å². The van der Waals surface area contributed by atoms with Crippen LogP contribution < -0.4 is 10.2 Å². The molecule has 0 aliphatic carbocycles. The summed E-state index contributed by atoms with van der Waals surface area (Å²) in [6, 6.07) is 5.61. The third kappa shape index (κ3) is 3.22. The molecule has 2 unspecified atom stereocenters. The molecule has 2 fully saturated rings. The van der Waals surface area contributed by atoms with Gasteiger partial charge in [0.05, 0.1) is 17.6 Å². The average molecular weight is 288 g/mol. The number of aromatic nitrogens is 1. The second-order valence-corrected chi connectivity index (χ2v) is 6.24. The molecule has 0 radical (unpaired) electrons. The summed E-state index contributed by atoms with van der Waals surface area (Å²) in [5.74, 6) is 0. The molecular weight excluding hydrogens is 260 g/mol. The summed E-state index contributed by atoms with van der Waals surface area (Å²) in [5, 5.41) is 3.50. The van der Waals surface area contributed by atoms with Crippen molar-refractivity contribution in [1.82, 2.24) is 15.2 Å². The van der Waals surface area contributed by atoms with E-state index in [2.05, 4.69) is 47.3 Å². The van der Waals surface area contributed by atoms with Crippen molar-refractivity contribution in [3.8, 4) is 0 Å². The Hall–Kier alpha value is -1.13. The van der Waals surface area contributed by atoms with Gasteiger partial charge in [0.25, 0.3) is 0 Å². The molecule has 21 heavy (non-hydrogen) atoms.